The Morgan fingerprint density at radius 2 is 2.16 bits per heavy atom. The third kappa shape index (κ3) is 4.78. The van der Waals surface area contributed by atoms with Crippen LogP contribution in [0.25, 0.3) is 5.82 Å². The van der Waals surface area contributed by atoms with E-state index >= 15 is 0 Å². The first-order valence-corrected chi connectivity index (χ1v) is 9.44. The molecule has 0 atom stereocenters. The van der Waals surface area contributed by atoms with E-state index in [0.29, 0.717) is 23.6 Å². The largest absolute Gasteiger partial charge is 0.504 e. The second-order valence-electron chi connectivity index (χ2n) is 6.36. The Hall–Kier alpha value is -4.00. The van der Waals surface area contributed by atoms with Gasteiger partial charge in [0.15, 0.2) is 17.2 Å². The molecule has 1 amide bonds. The molecule has 0 saturated heterocycles. The smallest absolute Gasteiger partial charge is 0.292 e. The van der Waals surface area contributed by atoms with E-state index in [2.05, 4.69) is 40.7 Å². The van der Waals surface area contributed by atoms with E-state index in [0.717, 1.165) is 17.8 Å². The van der Waals surface area contributed by atoms with E-state index in [1.807, 2.05) is 13.8 Å². The fourth-order valence-corrected chi connectivity index (χ4v) is 2.80. The predicted molar refractivity (Wildman–Crippen MR) is 110 cm³/mol. The predicted octanol–water partition coefficient (Wildman–Crippen LogP) is 0.552. The number of phenolic OH excluding ortho intramolecular Hbond substituents is 1. The highest BCUT2D eigenvalue weighted by Crippen LogP contribution is 2.25. The highest BCUT2D eigenvalue weighted by Gasteiger charge is 2.25. The molecular formula is C18H23N9O4. The van der Waals surface area contributed by atoms with Crippen molar-refractivity contribution in [2.24, 2.45) is 5.10 Å². The highest BCUT2D eigenvalue weighted by atomic mass is 16.6. The molecule has 0 fully saturated rings. The molecule has 0 aliphatic rings. The molecule has 4 N–H and O–H groups in total. The minimum absolute atomic E-state index is 0.0365. The maximum Gasteiger partial charge on any atom is 0.292 e. The van der Waals surface area contributed by atoms with E-state index in [1.165, 1.54) is 19.4 Å². The average molecular weight is 429 g/mol. The third-order valence-corrected chi connectivity index (χ3v) is 4.50. The molecular weight excluding hydrogens is 406 g/mol. The summed E-state index contributed by atoms with van der Waals surface area (Å²) in [7, 11) is 1.45. The second-order valence-corrected chi connectivity index (χ2v) is 6.36. The number of rotatable bonds is 9. The van der Waals surface area contributed by atoms with Crippen molar-refractivity contribution < 1.29 is 19.3 Å². The molecule has 0 bridgehead atoms. The molecule has 3 aromatic rings. The Morgan fingerprint density at radius 1 is 1.39 bits per heavy atom. The van der Waals surface area contributed by atoms with Crippen molar-refractivity contribution >= 4 is 17.9 Å². The topological polar surface area (TPSA) is 170 Å². The van der Waals surface area contributed by atoms with Crippen LogP contribution in [0.1, 0.15) is 35.6 Å². The standard InChI is InChI=1S/C18H23N9O4/c1-4-26(5-2)10-12-15(27(25-21-12)17-16(19)23-31-24-17)18(29)22-20-9-11-6-7-14(30-3)13(28)8-11/h6-9,28H,4-5,10H2,1-3H3,(H2,19,23)(H,22,29)/b20-9-. The summed E-state index contributed by atoms with van der Waals surface area (Å²) in [4.78, 5) is 15.0. The van der Waals surface area contributed by atoms with Gasteiger partial charge in [0.2, 0.25) is 11.6 Å². The number of aromatic nitrogens is 5. The number of methoxy groups -OCH3 is 1. The summed E-state index contributed by atoms with van der Waals surface area (Å²) in [6.45, 7) is 5.91. The molecule has 0 radical (unpaired) electrons. The van der Waals surface area contributed by atoms with E-state index in [1.54, 1.807) is 12.1 Å². The number of phenols is 1. The summed E-state index contributed by atoms with van der Waals surface area (Å²) in [6.07, 6.45) is 1.38. The highest BCUT2D eigenvalue weighted by molar-refractivity contribution is 5.95. The second kappa shape index (κ2) is 9.67. The zero-order chi connectivity index (χ0) is 22.4. The third-order valence-electron chi connectivity index (χ3n) is 4.50. The Balaban J connectivity index is 1.86. The lowest BCUT2D eigenvalue weighted by Gasteiger charge is -2.16. The number of ether oxygens (including phenoxy) is 1. The van der Waals surface area contributed by atoms with Crippen molar-refractivity contribution in [3.63, 3.8) is 0 Å². The van der Waals surface area contributed by atoms with Crippen LogP contribution in [0.5, 0.6) is 11.5 Å². The number of benzene rings is 1. The molecule has 3 rings (SSSR count). The number of carbonyl (C=O) groups excluding carboxylic acids is 1. The molecule has 2 heterocycles. The van der Waals surface area contributed by atoms with Crippen LogP contribution in [0.15, 0.2) is 27.9 Å². The molecule has 31 heavy (non-hydrogen) atoms. The SMILES string of the molecule is CCN(CC)Cc1nnn(-c2nonc2N)c1C(=O)N/N=C\c1ccc(OC)c(O)c1. The van der Waals surface area contributed by atoms with Crippen LogP contribution >= 0.6 is 0 Å². The molecule has 13 nitrogen and oxygen atoms in total. The zero-order valence-corrected chi connectivity index (χ0v) is 17.3. The first-order valence-electron chi connectivity index (χ1n) is 9.44. The first kappa shape index (κ1) is 21.7. The van der Waals surface area contributed by atoms with Gasteiger partial charge in [-0.05, 0) is 47.2 Å². The average Bonchev–Trinajstić information content (AvgIpc) is 3.37. The van der Waals surface area contributed by atoms with Gasteiger partial charge in [0, 0.05) is 6.54 Å². The number of hydrazone groups is 1. The number of hydrogen-bond donors (Lipinski definition) is 3. The van der Waals surface area contributed by atoms with Crippen LogP contribution < -0.4 is 15.9 Å². The number of nitrogens with zero attached hydrogens (tertiary/aromatic N) is 7. The molecule has 0 unspecified atom stereocenters. The Kier molecular flexibility index (Phi) is 6.77. The van der Waals surface area contributed by atoms with E-state index in [4.69, 9.17) is 10.5 Å². The molecule has 13 heteroatoms. The van der Waals surface area contributed by atoms with Gasteiger partial charge in [0.25, 0.3) is 5.91 Å². The van der Waals surface area contributed by atoms with Crippen LogP contribution in [0.3, 0.4) is 0 Å². The molecule has 0 aliphatic carbocycles. The van der Waals surface area contributed by atoms with Crippen molar-refractivity contribution in [1.82, 2.24) is 35.6 Å². The number of nitrogens with two attached hydrogens (primary N) is 1. The number of aromatic hydroxyl groups is 1. The lowest BCUT2D eigenvalue weighted by molar-refractivity contribution is 0.0945. The minimum atomic E-state index is -0.580. The summed E-state index contributed by atoms with van der Waals surface area (Å²) in [5, 5.41) is 29.1. The van der Waals surface area contributed by atoms with Crippen molar-refractivity contribution in [1.29, 1.82) is 0 Å². The van der Waals surface area contributed by atoms with E-state index < -0.39 is 5.91 Å². The number of amides is 1. The van der Waals surface area contributed by atoms with Gasteiger partial charge in [0.1, 0.15) is 5.69 Å². The number of nitrogens with one attached hydrogen (secondary N) is 1. The first-order chi connectivity index (χ1) is 15.0. The van der Waals surface area contributed by atoms with Gasteiger partial charge in [-0.15, -0.1) is 5.10 Å². The Labute approximate surface area is 177 Å². The Morgan fingerprint density at radius 3 is 2.77 bits per heavy atom. The van der Waals surface area contributed by atoms with E-state index in [9.17, 15) is 9.90 Å². The lowest BCUT2D eigenvalue weighted by Crippen LogP contribution is -2.27. The molecule has 0 aliphatic heterocycles. The molecule has 0 saturated carbocycles. The maximum atomic E-state index is 12.9. The van der Waals surface area contributed by atoms with Gasteiger partial charge in [-0.25, -0.2) is 10.1 Å². The quantitative estimate of drug-likeness (QED) is 0.322. The van der Waals surface area contributed by atoms with Gasteiger partial charge >= 0.3 is 0 Å². The fourth-order valence-electron chi connectivity index (χ4n) is 2.80. The van der Waals surface area contributed by atoms with E-state index in [-0.39, 0.29) is 23.1 Å². The van der Waals surface area contributed by atoms with Gasteiger partial charge in [-0.2, -0.15) is 9.78 Å². The molecule has 2 aromatic heterocycles. The normalized spacial score (nSPS) is 11.4. The van der Waals surface area contributed by atoms with Crippen molar-refractivity contribution in [3.8, 4) is 17.3 Å². The summed E-state index contributed by atoms with van der Waals surface area (Å²) in [5.74, 6) is -0.284. The van der Waals surface area contributed by atoms with Crippen molar-refractivity contribution in [3.05, 3.63) is 35.2 Å². The minimum Gasteiger partial charge on any atom is -0.504 e. The lowest BCUT2D eigenvalue weighted by atomic mass is 10.2. The number of hydrogen-bond acceptors (Lipinski definition) is 11. The monoisotopic (exact) mass is 429 g/mol. The van der Waals surface area contributed by atoms with Crippen molar-refractivity contribution in [2.75, 3.05) is 25.9 Å². The van der Waals surface area contributed by atoms with Gasteiger partial charge < -0.3 is 15.6 Å². The summed E-state index contributed by atoms with van der Waals surface area (Å²) >= 11 is 0. The van der Waals surface area contributed by atoms with Crippen LogP contribution in [0.2, 0.25) is 0 Å². The summed E-state index contributed by atoms with van der Waals surface area (Å²) in [6, 6.07) is 4.71. The van der Waals surface area contributed by atoms with Crippen LogP contribution in [0.4, 0.5) is 5.82 Å². The molecule has 0 spiro atoms. The van der Waals surface area contributed by atoms with Crippen LogP contribution in [-0.4, -0.2) is 67.6 Å². The number of carbonyl (C=O) groups is 1. The number of anilines is 1. The van der Waals surface area contributed by atoms with Gasteiger partial charge in [0.05, 0.1) is 13.3 Å². The zero-order valence-electron chi connectivity index (χ0n) is 17.3. The van der Waals surface area contributed by atoms with Crippen LogP contribution in [-0.2, 0) is 6.54 Å². The fraction of sp³-hybridized carbons (Fsp3) is 0.333. The Bertz CT molecular complexity index is 1070. The summed E-state index contributed by atoms with van der Waals surface area (Å²) in [5.41, 5.74) is 9.26. The van der Waals surface area contributed by atoms with Crippen LogP contribution in [0, 0.1) is 0 Å². The summed E-state index contributed by atoms with van der Waals surface area (Å²) < 4.78 is 10.8. The molecule has 164 valence electrons. The van der Waals surface area contributed by atoms with Gasteiger partial charge in [-0.1, -0.05) is 19.1 Å². The van der Waals surface area contributed by atoms with Gasteiger partial charge in [-0.3, -0.25) is 9.69 Å². The molecule has 1 aromatic carbocycles. The number of nitrogen functional groups attached to an aromatic ring is 1. The van der Waals surface area contributed by atoms with Crippen molar-refractivity contribution in [2.45, 2.75) is 20.4 Å². The maximum absolute atomic E-state index is 12.9.